The Labute approximate surface area is 235 Å². The first-order valence-electron chi connectivity index (χ1n) is 13.1. The molecular weight excluding hydrogens is 518 g/mol. The molecule has 0 saturated carbocycles. The highest BCUT2D eigenvalue weighted by Gasteiger charge is 2.24. The molecule has 0 unspecified atom stereocenters. The Morgan fingerprint density at radius 1 is 1.15 bits per heavy atom. The van der Waals surface area contributed by atoms with E-state index in [1.165, 1.54) is 11.8 Å². The van der Waals surface area contributed by atoms with Gasteiger partial charge >= 0.3 is 0 Å². The molecular formula is C27H41N7O4S. The molecule has 2 aromatic heterocycles. The Kier molecular flexibility index (Phi) is 13.4. The minimum atomic E-state index is -0.496. The first-order chi connectivity index (χ1) is 18.5. The Morgan fingerprint density at radius 2 is 1.90 bits per heavy atom. The molecule has 0 aliphatic carbocycles. The number of unbranched alkanes of at least 4 members (excludes halogenated alkanes) is 1. The van der Waals surface area contributed by atoms with E-state index in [2.05, 4.69) is 42.8 Å². The van der Waals surface area contributed by atoms with E-state index in [0.29, 0.717) is 62.8 Å². The first-order valence-corrected chi connectivity index (χ1v) is 14.3. The minimum absolute atomic E-state index is 0.0559. The molecule has 2 heterocycles. The van der Waals surface area contributed by atoms with Crippen LogP contribution in [0.15, 0.2) is 23.7 Å². The summed E-state index contributed by atoms with van der Waals surface area (Å²) in [6.07, 6.45) is 9.43. The average molecular weight is 560 g/mol. The summed E-state index contributed by atoms with van der Waals surface area (Å²) in [6.45, 7) is 11.6. The second kappa shape index (κ2) is 16.2. The van der Waals surface area contributed by atoms with Crippen LogP contribution in [0.2, 0.25) is 0 Å². The van der Waals surface area contributed by atoms with Crippen molar-refractivity contribution in [2.45, 2.75) is 89.7 Å². The summed E-state index contributed by atoms with van der Waals surface area (Å²) in [6, 6.07) is 0. The van der Waals surface area contributed by atoms with E-state index >= 15 is 0 Å². The van der Waals surface area contributed by atoms with Gasteiger partial charge in [0.15, 0.2) is 5.16 Å². The monoisotopic (exact) mass is 559 g/mol. The zero-order chi connectivity index (χ0) is 28.7. The predicted octanol–water partition coefficient (Wildman–Crippen LogP) is 2.74. The molecule has 2 amide bonds. The van der Waals surface area contributed by atoms with Crippen LogP contribution in [0, 0.1) is 11.8 Å². The molecule has 0 saturated heterocycles. The lowest BCUT2D eigenvalue weighted by atomic mass is 10.0. The van der Waals surface area contributed by atoms with Crippen LogP contribution in [0.4, 0.5) is 0 Å². The van der Waals surface area contributed by atoms with Crippen molar-refractivity contribution in [1.29, 1.82) is 0 Å². The van der Waals surface area contributed by atoms with Gasteiger partial charge in [0, 0.05) is 44.0 Å². The van der Waals surface area contributed by atoms with Crippen molar-refractivity contribution in [2.24, 2.45) is 0 Å². The van der Waals surface area contributed by atoms with Gasteiger partial charge in [-0.1, -0.05) is 28.8 Å². The van der Waals surface area contributed by atoms with Crippen LogP contribution in [0.5, 0.6) is 0 Å². The third-order valence-electron chi connectivity index (χ3n) is 5.48. The molecule has 0 bridgehead atoms. The van der Waals surface area contributed by atoms with E-state index in [-0.39, 0.29) is 18.4 Å². The van der Waals surface area contributed by atoms with Gasteiger partial charge in [0.2, 0.25) is 11.8 Å². The lowest BCUT2D eigenvalue weighted by Gasteiger charge is -2.30. The maximum Gasteiger partial charge on any atom is 0.246 e. The fraction of sp³-hybridized carbons (Fsp3) is 0.630. The second-order valence-electron chi connectivity index (χ2n) is 10.2. The van der Waals surface area contributed by atoms with Crippen molar-refractivity contribution in [3.8, 4) is 11.8 Å². The van der Waals surface area contributed by atoms with Crippen molar-refractivity contribution < 1.29 is 19.1 Å². The molecule has 11 nitrogen and oxygen atoms in total. The van der Waals surface area contributed by atoms with Crippen LogP contribution in [0.1, 0.15) is 71.6 Å². The maximum atomic E-state index is 12.2. The number of nitrogens with one attached hydrogen (secondary N) is 2. The number of carbonyl (C=O) groups is 2. The zero-order valence-corrected chi connectivity index (χ0v) is 24.7. The minimum Gasteiger partial charge on any atom is -0.374 e. The van der Waals surface area contributed by atoms with E-state index in [4.69, 9.17) is 9.47 Å². The van der Waals surface area contributed by atoms with E-state index in [1.54, 1.807) is 23.3 Å². The fourth-order valence-corrected chi connectivity index (χ4v) is 3.77. The van der Waals surface area contributed by atoms with Gasteiger partial charge in [0.1, 0.15) is 12.3 Å². The van der Waals surface area contributed by atoms with Crippen LogP contribution in [0.3, 0.4) is 0 Å². The quantitative estimate of drug-likeness (QED) is 0.138. The number of thioether (sulfide) groups is 1. The first kappa shape index (κ1) is 32.2. The molecule has 0 radical (unpaired) electrons. The standard InChI is InChI=1S/C27H41N7O4S/c1-7-37-19-24(36)31-26(2,3)13-14-38-27(4,5)20-34-18-22(32-33-34)17-28-23(35)12-10-8-9-11-21-15-29-25(39-6)30-16-21/h15-16,18H,7-8,10,12-14,17,19-20H2,1-6H3,(H,28,35)(H,31,36). The third kappa shape index (κ3) is 13.6. The summed E-state index contributed by atoms with van der Waals surface area (Å²) < 4.78 is 12.9. The van der Waals surface area contributed by atoms with Gasteiger partial charge in [-0.2, -0.15) is 0 Å². The van der Waals surface area contributed by atoms with Crippen LogP contribution in [-0.2, 0) is 32.2 Å². The smallest absolute Gasteiger partial charge is 0.246 e. The number of amides is 2. The Hall–Kier alpha value is -3.01. The van der Waals surface area contributed by atoms with E-state index in [0.717, 1.165) is 5.56 Å². The summed E-state index contributed by atoms with van der Waals surface area (Å²) >= 11 is 1.48. The van der Waals surface area contributed by atoms with Crippen LogP contribution in [-0.4, -0.2) is 74.0 Å². The second-order valence-corrected chi connectivity index (χ2v) is 11.0. The summed E-state index contributed by atoms with van der Waals surface area (Å²) in [7, 11) is 0. The van der Waals surface area contributed by atoms with E-state index in [9.17, 15) is 9.59 Å². The van der Waals surface area contributed by atoms with E-state index in [1.807, 2.05) is 40.9 Å². The lowest BCUT2D eigenvalue weighted by molar-refractivity contribution is -0.127. The molecule has 39 heavy (non-hydrogen) atoms. The lowest BCUT2D eigenvalue weighted by Crippen LogP contribution is -2.46. The van der Waals surface area contributed by atoms with Gasteiger partial charge in [-0.15, -0.1) is 5.10 Å². The SMILES string of the molecule is CCOCC(=O)NC(C)(C)CCOC(C)(C)Cn1cc(CNC(=O)CCCC#Cc2cnc(SC)nc2)nn1. The van der Waals surface area contributed by atoms with E-state index < -0.39 is 11.1 Å². The number of aromatic nitrogens is 5. The molecule has 2 aromatic rings. The molecule has 0 aliphatic rings. The largest absolute Gasteiger partial charge is 0.374 e. The van der Waals surface area contributed by atoms with Gasteiger partial charge in [-0.05, 0) is 53.7 Å². The molecule has 0 aliphatic heterocycles. The molecule has 0 fully saturated rings. The highest BCUT2D eigenvalue weighted by atomic mass is 32.2. The number of rotatable bonds is 16. The number of hydrogen-bond acceptors (Lipinski definition) is 9. The Balaban J connectivity index is 1.66. The van der Waals surface area contributed by atoms with Gasteiger partial charge in [-0.3, -0.25) is 9.59 Å². The molecule has 0 aromatic carbocycles. The van der Waals surface area contributed by atoms with Gasteiger partial charge in [0.05, 0.1) is 30.5 Å². The summed E-state index contributed by atoms with van der Waals surface area (Å²) in [4.78, 5) is 32.5. The zero-order valence-electron chi connectivity index (χ0n) is 23.9. The summed E-state index contributed by atoms with van der Waals surface area (Å²) in [5.74, 6) is 5.87. The van der Waals surface area contributed by atoms with Crippen molar-refractivity contribution in [2.75, 3.05) is 26.1 Å². The molecule has 2 N–H and O–H groups in total. The van der Waals surface area contributed by atoms with Gasteiger partial charge in [0.25, 0.3) is 0 Å². The van der Waals surface area contributed by atoms with Crippen molar-refractivity contribution in [3.63, 3.8) is 0 Å². The van der Waals surface area contributed by atoms with Crippen molar-refractivity contribution >= 4 is 23.6 Å². The highest BCUT2D eigenvalue weighted by molar-refractivity contribution is 7.98. The molecule has 12 heteroatoms. The molecule has 214 valence electrons. The van der Waals surface area contributed by atoms with Crippen LogP contribution < -0.4 is 10.6 Å². The van der Waals surface area contributed by atoms with Crippen LogP contribution in [0.25, 0.3) is 0 Å². The van der Waals surface area contributed by atoms with Crippen LogP contribution >= 0.6 is 11.8 Å². The van der Waals surface area contributed by atoms with Gasteiger partial charge in [-0.25, -0.2) is 14.6 Å². The maximum absolute atomic E-state index is 12.2. The average Bonchev–Trinajstić information content (AvgIpc) is 3.32. The number of ether oxygens (including phenoxy) is 2. The number of nitrogens with zero attached hydrogens (tertiary/aromatic N) is 5. The Morgan fingerprint density at radius 3 is 2.59 bits per heavy atom. The number of hydrogen-bond donors (Lipinski definition) is 2. The Bertz CT molecular complexity index is 1110. The summed E-state index contributed by atoms with van der Waals surface area (Å²) in [5.41, 5.74) is 0.527. The molecule has 0 spiro atoms. The fourth-order valence-electron chi connectivity index (χ4n) is 3.45. The highest BCUT2D eigenvalue weighted by Crippen LogP contribution is 2.16. The van der Waals surface area contributed by atoms with Gasteiger partial charge < -0.3 is 20.1 Å². The molecule has 0 atom stereocenters. The topological polar surface area (TPSA) is 133 Å². The van der Waals surface area contributed by atoms with Crippen molar-refractivity contribution in [1.82, 2.24) is 35.6 Å². The predicted molar refractivity (Wildman–Crippen MR) is 150 cm³/mol. The molecule has 2 rings (SSSR count). The number of carbonyl (C=O) groups excluding carboxylic acids is 2. The normalized spacial score (nSPS) is 11.5. The van der Waals surface area contributed by atoms with Crippen molar-refractivity contribution in [3.05, 3.63) is 29.8 Å². The third-order valence-corrected chi connectivity index (χ3v) is 6.06. The summed E-state index contributed by atoms with van der Waals surface area (Å²) in [5, 5.41) is 14.9.